The molecule has 0 unspecified atom stereocenters. The zero-order valence-corrected chi connectivity index (χ0v) is 11.2. The molecule has 0 radical (unpaired) electrons. The van der Waals surface area contributed by atoms with E-state index in [1.54, 1.807) is 12.1 Å². The second kappa shape index (κ2) is 5.61. The van der Waals surface area contributed by atoms with Crippen molar-refractivity contribution >= 4 is 5.97 Å². The summed E-state index contributed by atoms with van der Waals surface area (Å²) in [4.78, 5) is 11.4. The molecule has 2 rings (SSSR count). The smallest absolute Gasteiger partial charge is 0.373 e. The SMILES string of the molecule is COC(=O)c1ccc(-c2ccccc2OC(C)C)o1. The number of hydrogen-bond donors (Lipinski definition) is 0. The average molecular weight is 260 g/mol. The van der Waals surface area contributed by atoms with Crippen LogP contribution in [0.4, 0.5) is 0 Å². The summed E-state index contributed by atoms with van der Waals surface area (Å²) in [6, 6.07) is 10.9. The molecule has 0 aliphatic heterocycles. The van der Waals surface area contributed by atoms with Crippen molar-refractivity contribution in [3.8, 4) is 17.1 Å². The van der Waals surface area contributed by atoms with Gasteiger partial charge in [-0.05, 0) is 38.1 Å². The van der Waals surface area contributed by atoms with Crippen LogP contribution in [0.25, 0.3) is 11.3 Å². The van der Waals surface area contributed by atoms with Gasteiger partial charge >= 0.3 is 5.97 Å². The second-order valence-electron chi connectivity index (χ2n) is 4.32. The van der Waals surface area contributed by atoms with Gasteiger partial charge in [0.1, 0.15) is 11.5 Å². The number of benzene rings is 1. The van der Waals surface area contributed by atoms with Gasteiger partial charge in [-0.3, -0.25) is 0 Å². The van der Waals surface area contributed by atoms with Crippen molar-refractivity contribution in [2.75, 3.05) is 7.11 Å². The first kappa shape index (κ1) is 13.2. The van der Waals surface area contributed by atoms with Crippen molar-refractivity contribution in [3.05, 3.63) is 42.2 Å². The van der Waals surface area contributed by atoms with Gasteiger partial charge < -0.3 is 13.9 Å². The van der Waals surface area contributed by atoms with Gasteiger partial charge in [-0.25, -0.2) is 4.79 Å². The molecule has 0 spiro atoms. The number of carbonyl (C=O) groups is 1. The summed E-state index contributed by atoms with van der Waals surface area (Å²) in [5.41, 5.74) is 0.811. The van der Waals surface area contributed by atoms with Gasteiger partial charge in [0.2, 0.25) is 5.76 Å². The third-order valence-electron chi connectivity index (χ3n) is 2.51. The maximum atomic E-state index is 11.4. The summed E-state index contributed by atoms with van der Waals surface area (Å²) in [5, 5.41) is 0. The number of rotatable bonds is 4. The molecule has 1 aromatic carbocycles. The number of hydrogen-bond acceptors (Lipinski definition) is 4. The van der Waals surface area contributed by atoms with Crippen molar-refractivity contribution in [2.45, 2.75) is 20.0 Å². The van der Waals surface area contributed by atoms with E-state index in [1.807, 2.05) is 38.1 Å². The van der Waals surface area contributed by atoms with Crippen LogP contribution >= 0.6 is 0 Å². The molecule has 4 nitrogen and oxygen atoms in total. The Balaban J connectivity index is 2.36. The molecule has 1 aromatic heterocycles. The van der Waals surface area contributed by atoms with Gasteiger partial charge in [0.15, 0.2) is 0 Å². The van der Waals surface area contributed by atoms with E-state index in [9.17, 15) is 4.79 Å². The number of ether oxygens (including phenoxy) is 2. The van der Waals surface area contributed by atoms with Crippen LogP contribution in [0.5, 0.6) is 5.75 Å². The Hall–Kier alpha value is -2.23. The first-order valence-corrected chi connectivity index (χ1v) is 6.06. The fourth-order valence-electron chi connectivity index (χ4n) is 1.72. The Morgan fingerprint density at radius 2 is 1.89 bits per heavy atom. The Kier molecular flexibility index (Phi) is 3.90. The Morgan fingerprint density at radius 3 is 2.58 bits per heavy atom. The van der Waals surface area contributed by atoms with Crippen molar-refractivity contribution in [1.82, 2.24) is 0 Å². The van der Waals surface area contributed by atoms with Gasteiger partial charge in [-0.2, -0.15) is 0 Å². The van der Waals surface area contributed by atoms with Gasteiger partial charge in [-0.1, -0.05) is 12.1 Å². The molecule has 0 N–H and O–H groups in total. The molecule has 0 aliphatic rings. The van der Waals surface area contributed by atoms with Crippen molar-refractivity contribution in [1.29, 1.82) is 0 Å². The summed E-state index contributed by atoms with van der Waals surface area (Å²) >= 11 is 0. The number of para-hydroxylation sites is 1. The first-order chi connectivity index (χ1) is 9.11. The van der Waals surface area contributed by atoms with E-state index < -0.39 is 5.97 Å². The highest BCUT2D eigenvalue weighted by molar-refractivity contribution is 5.87. The van der Waals surface area contributed by atoms with Crippen LogP contribution in [0.15, 0.2) is 40.8 Å². The predicted molar refractivity (Wildman–Crippen MR) is 71.2 cm³/mol. The van der Waals surface area contributed by atoms with Crippen molar-refractivity contribution in [2.24, 2.45) is 0 Å². The van der Waals surface area contributed by atoms with E-state index in [0.29, 0.717) is 5.76 Å². The Bertz CT molecular complexity index is 569. The van der Waals surface area contributed by atoms with Crippen LogP contribution in [0.2, 0.25) is 0 Å². The molecular formula is C15H16O4. The van der Waals surface area contributed by atoms with Gasteiger partial charge in [0.25, 0.3) is 0 Å². The number of furan rings is 1. The lowest BCUT2D eigenvalue weighted by Crippen LogP contribution is -2.06. The lowest BCUT2D eigenvalue weighted by atomic mass is 10.1. The number of methoxy groups -OCH3 is 1. The molecule has 0 aliphatic carbocycles. The van der Waals surface area contributed by atoms with E-state index >= 15 is 0 Å². The van der Waals surface area contributed by atoms with Gasteiger partial charge in [0, 0.05) is 0 Å². The van der Waals surface area contributed by atoms with E-state index in [4.69, 9.17) is 9.15 Å². The highest BCUT2D eigenvalue weighted by Gasteiger charge is 2.15. The second-order valence-corrected chi connectivity index (χ2v) is 4.32. The summed E-state index contributed by atoms with van der Waals surface area (Å²) in [6.07, 6.45) is 0.0659. The third-order valence-corrected chi connectivity index (χ3v) is 2.51. The van der Waals surface area contributed by atoms with E-state index in [-0.39, 0.29) is 11.9 Å². The van der Waals surface area contributed by atoms with Crippen LogP contribution in [0.3, 0.4) is 0 Å². The highest BCUT2D eigenvalue weighted by atomic mass is 16.5. The molecule has 2 aromatic rings. The van der Waals surface area contributed by atoms with E-state index in [2.05, 4.69) is 4.74 Å². The summed E-state index contributed by atoms with van der Waals surface area (Å²) < 4.78 is 15.8. The van der Waals surface area contributed by atoms with Crippen molar-refractivity contribution < 1.29 is 18.7 Å². The maximum Gasteiger partial charge on any atom is 0.373 e. The molecule has 0 atom stereocenters. The lowest BCUT2D eigenvalue weighted by molar-refractivity contribution is 0.0566. The molecule has 19 heavy (non-hydrogen) atoms. The number of carbonyl (C=O) groups excluding carboxylic acids is 1. The van der Waals surface area contributed by atoms with Gasteiger partial charge in [-0.15, -0.1) is 0 Å². The van der Waals surface area contributed by atoms with Crippen LogP contribution in [-0.4, -0.2) is 19.2 Å². The molecule has 0 amide bonds. The summed E-state index contributed by atoms with van der Waals surface area (Å²) in [5.74, 6) is 0.991. The minimum atomic E-state index is -0.492. The van der Waals surface area contributed by atoms with E-state index in [0.717, 1.165) is 11.3 Å². The topological polar surface area (TPSA) is 48.7 Å². The molecular weight excluding hydrogens is 244 g/mol. The molecule has 0 saturated carbocycles. The normalized spacial score (nSPS) is 10.5. The quantitative estimate of drug-likeness (QED) is 0.789. The largest absolute Gasteiger partial charge is 0.490 e. The average Bonchev–Trinajstić information content (AvgIpc) is 2.87. The molecule has 100 valence electrons. The fourth-order valence-corrected chi connectivity index (χ4v) is 1.72. The first-order valence-electron chi connectivity index (χ1n) is 6.06. The minimum absolute atomic E-state index is 0.0659. The third kappa shape index (κ3) is 2.96. The molecule has 0 fully saturated rings. The molecule has 4 heteroatoms. The number of esters is 1. The lowest BCUT2D eigenvalue weighted by Gasteiger charge is -2.12. The van der Waals surface area contributed by atoms with Crippen molar-refractivity contribution in [3.63, 3.8) is 0 Å². The molecule has 0 saturated heterocycles. The zero-order valence-electron chi connectivity index (χ0n) is 11.2. The highest BCUT2D eigenvalue weighted by Crippen LogP contribution is 2.31. The van der Waals surface area contributed by atoms with Crippen LogP contribution in [0.1, 0.15) is 24.4 Å². The summed E-state index contributed by atoms with van der Waals surface area (Å²) in [7, 11) is 1.32. The predicted octanol–water partition coefficient (Wildman–Crippen LogP) is 3.52. The van der Waals surface area contributed by atoms with E-state index in [1.165, 1.54) is 7.11 Å². The molecule has 0 bridgehead atoms. The summed E-state index contributed by atoms with van der Waals surface area (Å²) in [6.45, 7) is 3.91. The monoisotopic (exact) mass is 260 g/mol. The van der Waals surface area contributed by atoms with Crippen LogP contribution in [0, 0.1) is 0 Å². The standard InChI is InChI=1S/C15H16O4/c1-10(2)18-12-7-5-4-6-11(12)13-8-9-14(19-13)15(16)17-3/h4-10H,1-3H3. The van der Waals surface area contributed by atoms with Gasteiger partial charge in [0.05, 0.1) is 18.8 Å². The minimum Gasteiger partial charge on any atom is -0.490 e. The Morgan fingerprint density at radius 1 is 1.16 bits per heavy atom. The maximum absolute atomic E-state index is 11.4. The van der Waals surface area contributed by atoms with Crippen LogP contribution in [-0.2, 0) is 4.74 Å². The Labute approximate surface area is 111 Å². The van der Waals surface area contributed by atoms with Crippen LogP contribution < -0.4 is 4.74 Å². The zero-order chi connectivity index (χ0) is 13.8. The fraction of sp³-hybridized carbons (Fsp3) is 0.267. The molecule has 1 heterocycles.